The predicted octanol–water partition coefficient (Wildman–Crippen LogP) is 2.13. The number of methoxy groups -OCH3 is 1. The van der Waals surface area contributed by atoms with Gasteiger partial charge in [-0.25, -0.2) is 0 Å². The van der Waals surface area contributed by atoms with Crippen molar-refractivity contribution >= 4 is 5.91 Å². The lowest BCUT2D eigenvalue weighted by Crippen LogP contribution is -2.36. The highest BCUT2D eigenvalue weighted by molar-refractivity contribution is 5.77. The molecule has 0 aliphatic carbocycles. The molecule has 0 radical (unpaired) electrons. The summed E-state index contributed by atoms with van der Waals surface area (Å²) in [5, 5.41) is 3.24. The molecule has 4 nitrogen and oxygen atoms in total. The monoisotopic (exact) mass is 264 g/mol. The smallest absolute Gasteiger partial charge is 0.236 e. The summed E-state index contributed by atoms with van der Waals surface area (Å²) in [5.41, 5.74) is 2.23. The Kier molecular flexibility index (Phi) is 5.83. The van der Waals surface area contributed by atoms with E-state index in [0.29, 0.717) is 6.54 Å². The van der Waals surface area contributed by atoms with Gasteiger partial charge in [-0.15, -0.1) is 0 Å². The highest BCUT2D eigenvalue weighted by atomic mass is 16.5. The highest BCUT2D eigenvalue weighted by Crippen LogP contribution is 2.25. The number of rotatable bonds is 6. The number of nitrogens with zero attached hydrogens (tertiary/aromatic N) is 1. The summed E-state index contributed by atoms with van der Waals surface area (Å²) < 4.78 is 5.39. The number of aryl methyl sites for hydroxylation is 1. The first kappa shape index (κ1) is 15.5. The van der Waals surface area contributed by atoms with Crippen molar-refractivity contribution in [3.8, 4) is 5.75 Å². The van der Waals surface area contributed by atoms with E-state index in [0.717, 1.165) is 23.4 Å². The van der Waals surface area contributed by atoms with Crippen molar-refractivity contribution in [3.63, 3.8) is 0 Å². The lowest BCUT2D eigenvalue weighted by atomic mass is 10.0. The van der Waals surface area contributed by atoms with Crippen LogP contribution in [0.5, 0.6) is 5.75 Å². The van der Waals surface area contributed by atoms with Crippen molar-refractivity contribution in [2.75, 3.05) is 27.2 Å². The Morgan fingerprint density at radius 1 is 1.47 bits per heavy atom. The molecule has 0 heterocycles. The molecule has 0 aromatic heterocycles. The zero-order valence-corrected chi connectivity index (χ0v) is 12.5. The van der Waals surface area contributed by atoms with Crippen LogP contribution in [-0.2, 0) is 4.79 Å². The first-order chi connectivity index (χ1) is 8.99. The van der Waals surface area contributed by atoms with Crippen molar-refractivity contribution < 1.29 is 9.53 Å². The molecule has 1 aromatic carbocycles. The highest BCUT2D eigenvalue weighted by Gasteiger charge is 2.13. The Morgan fingerprint density at radius 3 is 2.74 bits per heavy atom. The minimum absolute atomic E-state index is 0.0738. The van der Waals surface area contributed by atoms with E-state index in [9.17, 15) is 4.79 Å². The van der Waals surface area contributed by atoms with Gasteiger partial charge in [-0.1, -0.05) is 12.1 Å². The van der Waals surface area contributed by atoms with Gasteiger partial charge in [0.2, 0.25) is 5.91 Å². The topological polar surface area (TPSA) is 41.6 Å². The number of hydrogen-bond donors (Lipinski definition) is 1. The van der Waals surface area contributed by atoms with Crippen LogP contribution >= 0.6 is 0 Å². The Morgan fingerprint density at radius 2 is 2.16 bits per heavy atom. The normalized spacial score (nSPS) is 12.1. The van der Waals surface area contributed by atoms with E-state index >= 15 is 0 Å². The number of carbonyl (C=O) groups is 1. The Labute approximate surface area is 115 Å². The van der Waals surface area contributed by atoms with Gasteiger partial charge in [0.05, 0.1) is 13.7 Å². The number of carbonyl (C=O) groups excluding carboxylic acids is 1. The van der Waals surface area contributed by atoms with Crippen LogP contribution < -0.4 is 10.1 Å². The van der Waals surface area contributed by atoms with Gasteiger partial charge in [-0.2, -0.15) is 0 Å². The second kappa shape index (κ2) is 7.14. The van der Waals surface area contributed by atoms with Gasteiger partial charge < -0.3 is 15.0 Å². The molecular weight excluding hydrogens is 240 g/mol. The van der Waals surface area contributed by atoms with E-state index < -0.39 is 0 Å². The molecule has 1 N–H and O–H groups in total. The molecule has 1 atom stereocenters. The molecule has 19 heavy (non-hydrogen) atoms. The molecule has 106 valence electrons. The van der Waals surface area contributed by atoms with Crippen molar-refractivity contribution in [1.82, 2.24) is 10.2 Å². The SMILES string of the molecule is CCN(C)C(=O)CNC(C)c1ccc(C)cc1OC. The average Bonchev–Trinajstić information content (AvgIpc) is 2.43. The Hall–Kier alpha value is -1.55. The first-order valence-corrected chi connectivity index (χ1v) is 6.61. The van der Waals surface area contributed by atoms with Crippen molar-refractivity contribution in [2.45, 2.75) is 26.8 Å². The van der Waals surface area contributed by atoms with E-state index in [4.69, 9.17) is 4.74 Å². The van der Waals surface area contributed by atoms with Gasteiger partial charge in [0.15, 0.2) is 0 Å². The van der Waals surface area contributed by atoms with Crippen LogP contribution in [0.2, 0.25) is 0 Å². The van der Waals surface area contributed by atoms with Crippen molar-refractivity contribution in [3.05, 3.63) is 29.3 Å². The van der Waals surface area contributed by atoms with E-state index in [-0.39, 0.29) is 11.9 Å². The molecule has 0 aliphatic rings. The van der Waals surface area contributed by atoms with Crippen LogP contribution in [0.1, 0.15) is 31.0 Å². The zero-order valence-electron chi connectivity index (χ0n) is 12.5. The minimum atomic E-state index is 0.0738. The van der Waals surface area contributed by atoms with Crippen LogP contribution in [0, 0.1) is 6.92 Å². The molecule has 1 aromatic rings. The summed E-state index contributed by atoms with van der Waals surface area (Å²) in [4.78, 5) is 13.5. The molecule has 1 amide bonds. The van der Waals surface area contributed by atoms with Gasteiger partial charge in [0, 0.05) is 25.2 Å². The van der Waals surface area contributed by atoms with Gasteiger partial charge in [0.25, 0.3) is 0 Å². The molecule has 0 spiro atoms. The summed E-state index contributed by atoms with van der Waals surface area (Å²) in [6.45, 7) is 7.09. The molecular formula is C15H24N2O2. The Bertz CT molecular complexity index is 432. The third-order valence-corrected chi connectivity index (χ3v) is 3.32. The fourth-order valence-electron chi connectivity index (χ4n) is 1.84. The van der Waals surface area contributed by atoms with Gasteiger partial charge in [0.1, 0.15) is 5.75 Å². The number of likely N-dealkylation sites (N-methyl/N-ethyl adjacent to an activating group) is 1. The number of benzene rings is 1. The first-order valence-electron chi connectivity index (χ1n) is 6.61. The quantitative estimate of drug-likeness (QED) is 0.856. The third-order valence-electron chi connectivity index (χ3n) is 3.32. The van der Waals surface area contributed by atoms with Crippen LogP contribution in [0.15, 0.2) is 18.2 Å². The molecule has 4 heteroatoms. The Balaban J connectivity index is 2.68. The molecule has 0 fully saturated rings. The summed E-state index contributed by atoms with van der Waals surface area (Å²) in [7, 11) is 3.47. The van der Waals surface area contributed by atoms with Crippen LogP contribution in [-0.4, -0.2) is 38.1 Å². The lowest BCUT2D eigenvalue weighted by Gasteiger charge is -2.20. The van der Waals surface area contributed by atoms with E-state index in [1.165, 1.54) is 0 Å². The standard InChI is InChI=1S/C15H24N2O2/c1-6-17(4)15(18)10-16-12(3)13-8-7-11(2)9-14(13)19-5/h7-9,12,16H,6,10H2,1-5H3. The largest absolute Gasteiger partial charge is 0.496 e. The third kappa shape index (κ3) is 4.24. The fourth-order valence-corrected chi connectivity index (χ4v) is 1.84. The second-order valence-electron chi connectivity index (χ2n) is 4.76. The fraction of sp³-hybridized carbons (Fsp3) is 0.533. The van der Waals surface area contributed by atoms with Crippen LogP contribution in [0.25, 0.3) is 0 Å². The predicted molar refractivity (Wildman–Crippen MR) is 77.5 cm³/mol. The summed E-state index contributed by atoms with van der Waals surface area (Å²) in [6.07, 6.45) is 0. The maximum atomic E-state index is 11.8. The molecule has 1 unspecified atom stereocenters. The molecule has 1 rings (SSSR count). The molecule has 0 aliphatic heterocycles. The summed E-state index contributed by atoms with van der Waals surface area (Å²) >= 11 is 0. The number of hydrogen-bond acceptors (Lipinski definition) is 3. The van der Waals surface area contributed by atoms with Gasteiger partial charge >= 0.3 is 0 Å². The van der Waals surface area contributed by atoms with Gasteiger partial charge in [-0.3, -0.25) is 4.79 Å². The van der Waals surface area contributed by atoms with E-state index in [1.54, 1.807) is 19.1 Å². The minimum Gasteiger partial charge on any atom is -0.496 e. The molecule has 0 saturated carbocycles. The number of amides is 1. The number of ether oxygens (including phenoxy) is 1. The number of nitrogens with one attached hydrogen (secondary N) is 1. The summed E-state index contributed by atoms with van der Waals surface area (Å²) in [6, 6.07) is 6.17. The summed E-state index contributed by atoms with van der Waals surface area (Å²) in [5.74, 6) is 0.955. The van der Waals surface area contributed by atoms with Crippen LogP contribution in [0.3, 0.4) is 0 Å². The average molecular weight is 264 g/mol. The maximum Gasteiger partial charge on any atom is 0.236 e. The zero-order chi connectivity index (χ0) is 14.4. The molecule has 0 bridgehead atoms. The van der Waals surface area contributed by atoms with E-state index in [2.05, 4.69) is 11.4 Å². The molecule has 0 saturated heterocycles. The van der Waals surface area contributed by atoms with Gasteiger partial charge in [-0.05, 0) is 32.4 Å². The van der Waals surface area contributed by atoms with Crippen molar-refractivity contribution in [1.29, 1.82) is 0 Å². The second-order valence-corrected chi connectivity index (χ2v) is 4.76. The van der Waals surface area contributed by atoms with Crippen LogP contribution in [0.4, 0.5) is 0 Å². The van der Waals surface area contributed by atoms with Crippen molar-refractivity contribution in [2.24, 2.45) is 0 Å². The van der Waals surface area contributed by atoms with E-state index in [1.807, 2.05) is 32.9 Å². The maximum absolute atomic E-state index is 11.8. The lowest BCUT2D eigenvalue weighted by molar-refractivity contribution is -0.128.